The minimum Gasteiger partial charge on any atom is -0.497 e. The van der Waals surface area contributed by atoms with Crippen molar-refractivity contribution in [1.29, 1.82) is 0 Å². The van der Waals surface area contributed by atoms with Crippen LogP contribution in [-0.2, 0) is 22.4 Å². The number of benzene rings is 1. The summed E-state index contributed by atoms with van der Waals surface area (Å²) in [5.41, 5.74) is 1.20. The van der Waals surface area contributed by atoms with E-state index in [-0.39, 0.29) is 17.7 Å². The van der Waals surface area contributed by atoms with Crippen molar-refractivity contribution in [3.05, 3.63) is 34.8 Å². The number of likely N-dealkylation sites (tertiary alicyclic amines) is 1. The molecule has 1 N–H and O–H groups in total. The van der Waals surface area contributed by atoms with E-state index in [1.54, 1.807) is 7.11 Å². The van der Waals surface area contributed by atoms with Crippen LogP contribution in [0.1, 0.15) is 49.1 Å². The first kappa shape index (κ1) is 20.8. The van der Waals surface area contributed by atoms with Crippen LogP contribution in [0.15, 0.2) is 24.3 Å². The van der Waals surface area contributed by atoms with E-state index in [4.69, 9.17) is 4.74 Å². The molecular weight excluding hydrogens is 400 g/mol. The molecule has 1 aliphatic carbocycles. The lowest BCUT2D eigenvalue weighted by Crippen LogP contribution is -2.38. The highest BCUT2D eigenvalue weighted by Gasteiger charge is 2.38. The molecule has 0 bridgehead atoms. The van der Waals surface area contributed by atoms with E-state index in [9.17, 15) is 9.59 Å². The van der Waals surface area contributed by atoms with E-state index in [0.717, 1.165) is 36.4 Å². The smallest absolute Gasteiger partial charge is 0.231 e. The molecule has 8 heteroatoms. The number of nitrogens with one attached hydrogen (secondary N) is 1. The number of anilines is 1. The number of hydrogen-bond acceptors (Lipinski definition) is 6. The van der Waals surface area contributed by atoms with Gasteiger partial charge in [-0.05, 0) is 37.0 Å². The van der Waals surface area contributed by atoms with Crippen LogP contribution in [0.25, 0.3) is 0 Å². The van der Waals surface area contributed by atoms with E-state index in [1.807, 2.05) is 29.2 Å². The number of aryl methyl sites for hydroxylation is 2. The molecule has 2 fully saturated rings. The Balaban J connectivity index is 1.27. The van der Waals surface area contributed by atoms with Gasteiger partial charge in [0, 0.05) is 25.4 Å². The Kier molecular flexibility index (Phi) is 6.62. The molecule has 0 spiro atoms. The first-order valence-corrected chi connectivity index (χ1v) is 11.5. The number of aromatic nitrogens is 2. The van der Waals surface area contributed by atoms with Gasteiger partial charge in [-0.1, -0.05) is 42.7 Å². The second-order valence-electron chi connectivity index (χ2n) is 8.08. The zero-order valence-corrected chi connectivity index (χ0v) is 18.1. The summed E-state index contributed by atoms with van der Waals surface area (Å²) in [5, 5.41) is 12.6. The molecule has 0 unspecified atom stereocenters. The van der Waals surface area contributed by atoms with Gasteiger partial charge in [0.2, 0.25) is 16.9 Å². The van der Waals surface area contributed by atoms with Crippen LogP contribution in [-0.4, -0.2) is 46.6 Å². The van der Waals surface area contributed by atoms with E-state index in [0.29, 0.717) is 24.1 Å². The molecule has 1 aromatic carbocycles. The Morgan fingerprint density at radius 1 is 1.17 bits per heavy atom. The van der Waals surface area contributed by atoms with Gasteiger partial charge in [0.1, 0.15) is 10.8 Å². The van der Waals surface area contributed by atoms with E-state index >= 15 is 0 Å². The molecule has 1 aromatic heterocycles. The van der Waals surface area contributed by atoms with Gasteiger partial charge in [-0.25, -0.2) is 0 Å². The van der Waals surface area contributed by atoms with Crippen LogP contribution in [0.2, 0.25) is 0 Å². The van der Waals surface area contributed by atoms with Gasteiger partial charge in [-0.15, -0.1) is 10.2 Å². The summed E-state index contributed by atoms with van der Waals surface area (Å²) in [6.07, 6.45) is 7.63. The maximum atomic E-state index is 12.7. The molecular formula is C22H28N4O3S. The van der Waals surface area contributed by atoms with Crippen LogP contribution >= 0.6 is 11.3 Å². The van der Waals surface area contributed by atoms with E-state index < -0.39 is 0 Å². The second-order valence-corrected chi connectivity index (χ2v) is 9.14. The summed E-state index contributed by atoms with van der Waals surface area (Å²) >= 11 is 1.40. The molecule has 30 heavy (non-hydrogen) atoms. The number of ether oxygens (including phenoxy) is 1. The summed E-state index contributed by atoms with van der Waals surface area (Å²) < 4.78 is 5.18. The highest BCUT2D eigenvalue weighted by molar-refractivity contribution is 7.15. The monoisotopic (exact) mass is 428 g/mol. The van der Waals surface area contributed by atoms with Gasteiger partial charge in [-0.3, -0.25) is 9.59 Å². The molecule has 2 aromatic rings. The normalized spacial score (nSPS) is 19.8. The maximum Gasteiger partial charge on any atom is 0.231 e. The van der Waals surface area contributed by atoms with Crippen molar-refractivity contribution >= 4 is 28.3 Å². The molecule has 160 valence electrons. The fourth-order valence-corrected chi connectivity index (χ4v) is 5.05. The van der Waals surface area contributed by atoms with Crippen molar-refractivity contribution in [3.63, 3.8) is 0 Å². The lowest BCUT2D eigenvalue weighted by molar-refractivity contribution is -0.130. The quantitative estimate of drug-likeness (QED) is 0.730. The summed E-state index contributed by atoms with van der Waals surface area (Å²) in [7, 11) is 1.65. The van der Waals surface area contributed by atoms with Gasteiger partial charge in [0.15, 0.2) is 0 Å². The van der Waals surface area contributed by atoms with Crippen LogP contribution in [0.3, 0.4) is 0 Å². The molecule has 4 rings (SSSR count). The van der Waals surface area contributed by atoms with Crippen molar-refractivity contribution in [3.8, 4) is 5.75 Å². The summed E-state index contributed by atoms with van der Waals surface area (Å²) in [6.45, 7) is 0.526. The number of carbonyl (C=O) groups excluding carboxylic acids is 2. The molecule has 1 aliphatic heterocycles. The van der Waals surface area contributed by atoms with Crippen LogP contribution in [0.5, 0.6) is 5.75 Å². The highest BCUT2D eigenvalue weighted by atomic mass is 32.1. The highest BCUT2D eigenvalue weighted by Crippen LogP contribution is 2.29. The lowest BCUT2D eigenvalue weighted by atomic mass is 9.94. The fourth-order valence-electron chi connectivity index (χ4n) is 4.31. The van der Waals surface area contributed by atoms with Crippen LogP contribution < -0.4 is 10.1 Å². The minimum atomic E-state index is -0.300. The Morgan fingerprint density at radius 2 is 1.93 bits per heavy atom. The minimum absolute atomic E-state index is 0.111. The van der Waals surface area contributed by atoms with Crippen molar-refractivity contribution in [2.75, 3.05) is 19.0 Å². The van der Waals surface area contributed by atoms with Crippen molar-refractivity contribution in [2.45, 2.75) is 57.4 Å². The number of hydrogen-bond donors (Lipinski definition) is 1. The molecule has 1 saturated heterocycles. The first-order chi connectivity index (χ1) is 14.6. The van der Waals surface area contributed by atoms with Gasteiger partial charge < -0.3 is 15.0 Å². The fraction of sp³-hybridized carbons (Fsp3) is 0.545. The topological polar surface area (TPSA) is 84.4 Å². The van der Waals surface area contributed by atoms with Crippen molar-refractivity contribution < 1.29 is 14.3 Å². The summed E-state index contributed by atoms with van der Waals surface area (Å²) in [5.74, 6) is 0.525. The van der Waals surface area contributed by atoms with E-state index in [2.05, 4.69) is 15.5 Å². The third kappa shape index (κ3) is 4.98. The largest absolute Gasteiger partial charge is 0.497 e. The number of carbonyl (C=O) groups is 2. The van der Waals surface area contributed by atoms with Crippen molar-refractivity contribution in [2.24, 2.45) is 5.92 Å². The molecule has 0 radical (unpaired) electrons. The zero-order chi connectivity index (χ0) is 20.9. The van der Waals surface area contributed by atoms with Gasteiger partial charge in [-0.2, -0.15) is 0 Å². The molecule has 2 aliphatic rings. The maximum absolute atomic E-state index is 12.7. The third-order valence-electron chi connectivity index (χ3n) is 6.03. The first-order valence-electron chi connectivity index (χ1n) is 10.7. The molecule has 2 amide bonds. The van der Waals surface area contributed by atoms with Crippen molar-refractivity contribution in [1.82, 2.24) is 15.1 Å². The SMILES string of the molecule is COc1ccc(CCc2nnc(NC(=O)[C@@H]3CC(=O)N(C4CCCCC4)C3)s2)cc1. The molecule has 1 atom stereocenters. The number of methoxy groups -OCH3 is 1. The van der Waals surface area contributed by atoms with E-state index in [1.165, 1.54) is 36.2 Å². The van der Waals surface area contributed by atoms with Crippen LogP contribution in [0.4, 0.5) is 5.13 Å². The molecule has 1 saturated carbocycles. The predicted octanol–water partition coefficient (Wildman–Crippen LogP) is 3.45. The Bertz CT molecular complexity index is 877. The van der Waals surface area contributed by atoms with Crippen LogP contribution in [0, 0.1) is 5.92 Å². The van der Waals surface area contributed by atoms with Gasteiger partial charge in [0.05, 0.1) is 13.0 Å². The number of nitrogens with zero attached hydrogens (tertiary/aromatic N) is 3. The zero-order valence-electron chi connectivity index (χ0n) is 17.3. The summed E-state index contributed by atoms with van der Waals surface area (Å²) in [4.78, 5) is 27.0. The predicted molar refractivity (Wildman–Crippen MR) is 116 cm³/mol. The molecule has 2 heterocycles. The summed E-state index contributed by atoms with van der Waals surface area (Å²) in [6, 6.07) is 8.28. The average Bonchev–Trinajstić information content (AvgIpc) is 3.39. The lowest BCUT2D eigenvalue weighted by Gasteiger charge is -2.31. The standard InChI is InChI=1S/C22H28N4O3S/c1-29-18-10-7-15(8-11-18)9-12-19-24-25-22(30-19)23-21(28)16-13-20(27)26(14-16)17-5-3-2-4-6-17/h7-8,10-11,16-17H,2-6,9,12-14H2,1H3,(H,23,25,28)/t16-/m1/s1. The average molecular weight is 429 g/mol. The Hall–Kier alpha value is -2.48. The number of amides is 2. The Labute approximate surface area is 180 Å². The number of rotatable bonds is 7. The third-order valence-corrected chi connectivity index (χ3v) is 6.93. The Morgan fingerprint density at radius 3 is 2.67 bits per heavy atom. The second kappa shape index (κ2) is 9.55. The molecule has 7 nitrogen and oxygen atoms in total. The van der Waals surface area contributed by atoms with Gasteiger partial charge in [0.25, 0.3) is 0 Å². The van der Waals surface area contributed by atoms with Gasteiger partial charge >= 0.3 is 0 Å².